The van der Waals surface area contributed by atoms with Crippen LogP contribution in [0.1, 0.15) is 105 Å². The summed E-state index contributed by atoms with van der Waals surface area (Å²) in [6, 6.07) is 45.0. The smallest absolute Gasteiger partial charge is 0.0613 e. The SMILES string of the molecule is CC(C)CCCC(C)C1CCC2C3CC=C4C[C@@H](OCCN(P(c5ccccc5)c5ccccc5)P(c5ccccc5)c5ccccc5)CC[C@]4(C)C3CC[C@]12C. The summed E-state index contributed by atoms with van der Waals surface area (Å²) in [7, 11) is -1.62. The van der Waals surface area contributed by atoms with Gasteiger partial charge in [-0.25, -0.2) is 4.44 Å². The average Bonchev–Trinajstić information content (AvgIpc) is 3.60. The largest absolute Gasteiger partial charge is 0.377 e. The lowest BCUT2D eigenvalue weighted by Crippen LogP contribution is -2.51. The first-order valence-electron chi connectivity index (χ1n) is 22.6. The first kappa shape index (κ1) is 41.1. The van der Waals surface area contributed by atoms with Crippen LogP contribution in [0.25, 0.3) is 0 Å². The van der Waals surface area contributed by atoms with E-state index in [0.717, 1.165) is 55.1 Å². The number of allylic oxidation sites excluding steroid dienone is 1. The molecule has 4 aliphatic rings. The van der Waals surface area contributed by atoms with E-state index in [1.807, 2.05) is 0 Å². The van der Waals surface area contributed by atoms with Crippen molar-refractivity contribution >= 4 is 37.4 Å². The Morgan fingerprint density at radius 2 is 1.19 bits per heavy atom. The van der Waals surface area contributed by atoms with Crippen LogP contribution in [0.5, 0.6) is 0 Å². The Morgan fingerprint density at radius 3 is 1.72 bits per heavy atom. The molecule has 0 radical (unpaired) electrons. The van der Waals surface area contributed by atoms with E-state index >= 15 is 0 Å². The second-order valence-corrected chi connectivity index (χ2v) is 23.7. The molecular weight excluding hydrogens is 729 g/mol. The highest BCUT2D eigenvalue weighted by Gasteiger charge is 2.59. The van der Waals surface area contributed by atoms with Gasteiger partial charge in [0.15, 0.2) is 0 Å². The molecule has 4 heteroatoms. The van der Waals surface area contributed by atoms with Crippen LogP contribution in [0.2, 0.25) is 0 Å². The van der Waals surface area contributed by atoms with E-state index in [0.29, 0.717) is 16.9 Å². The van der Waals surface area contributed by atoms with Gasteiger partial charge in [0.1, 0.15) is 0 Å². The van der Waals surface area contributed by atoms with Crippen molar-refractivity contribution in [1.29, 1.82) is 0 Å². The van der Waals surface area contributed by atoms with Gasteiger partial charge in [0, 0.05) is 22.7 Å². The van der Waals surface area contributed by atoms with E-state index in [2.05, 4.69) is 166 Å². The highest BCUT2D eigenvalue weighted by Crippen LogP contribution is 2.67. The summed E-state index contributed by atoms with van der Waals surface area (Å²) in [5.41, 5.74) is 2.63. The standard InChI is InChI=1S/C53H69NOP2/c1-40(2)19-18-20-41(3)49-31-32-50-48-30-29-42-39-43(33-35-52(42,4)51(48)34-36-53(49,50)5)55-38-37-54(56(44-21-10-6-11-22-44)45-23-12-7-13-24-45)57(46-25-14-8-15-26-46)47-27-16-9-17-28-47/h6-17,21-29,40-41,43,48-51H,18-20,30-39H2,1-5H3/t41?,43-,48?,49?,50?,51?,52-,53+/m0/s1. The van der Waals surface area contributed by atoms with Gasteiger partial charge in [0.2, 0.25) is 0 Å². The van der Waals surface area contributed by atoms with Crippen LogP contribution < -0.4 is 21.2 Å². The number of nitrogens with zero attached hydrogens (tertiary/aromatic N) is 1. The van der Waals surface area contributed by atoms with Crippen molar-refractivity contribution in [3.8, 4) is 0 Å². The fraction of sp³-hybridized carbons (Fsp3) is 0.509. The third-order valence-electron chi connectivity index (χ3n) is 15.4. The monoisotopic (exact) mass is 797 g/mol. The van der Waals surface area contributed by atoms with Gasteiger partial charge in [-0.3, -0.25) is 0 Å². The quantitative estimate of drug-likeness (QED) is 0.0877. The number of hydrogen-bond donors (Lipinski definition) is 0. The van der Waals surface area contributed by atoms with Gasteiger partial charge in [0.05, 0.1) is 12.7 Å². The molecule has 3 fully saturated rings. The van der Waals surface area contributed by atoms with Crippen LogP contribution in [0, 0.1) is 46.3 Å². The Balaban J connectivity index is 0.999. The molecule has 0 aromatic heterocycles. The normalized spacial score (nSPS) is 28.9. The molecule has 4 aliphatic carbocycles. The Hall–Kier alpha value is -2.60. The summed E-state index contributed by atoms with van der Waals surface area (Å²) in [4.78, 5) is 0. The molecule has 0 N–H and O–H groups in total. The van der Waals surface area contributed by atoms with Crippen molar-refractivity contribution in [2.24, 2.45) is 46.3 Å². The summed E-state index contributed by atoms with van der Waals surface area (Å²) in [5, 5.41) is 5.58. The van der Waals surface area contributed by atoms with E-state index in [9.17, 15) is 0 Å². The maximum Gasteiger partial charge on any atom is 0.0613 e. The number of hydrogen-bond acceptors (Lipinski definition) is 2. The molecule has 0 saturated heterocycles. The average molecular weight is 798 g/mol. The Kier molecular flexibility index (Phi) is 13.2. The van der Waals surface area contributed by atoms with Crippen molar-refractivity contribution in [3.63, 3.8) is 0 Å². The van der Waals surface area contributed by atoms with Gasteiger partial charge >= 0.3 is 0 Å². The van der Waals surface area contributed by atoms with Gasteiger partial charge in [-0.1, -0.05) is 187 Å². The van der Waals surface area contributed by atoms with Crippen LogP contribution in [0.4, 0.5) is 0 Å². The summed E-state index contributed by atoms with van der Waals surface area (Å²) >= 11 is 0. The van der Waals surface area contributed by atoms with Gasteiger partial charge in [-0.2, -0.15) is 0 Å². The maximum atomic E-state index is 7.10. The molecule has 2 nitrogen and oxygen atoms in total. The van der Waals surface area contributed by atoms with Crippen molar-refractivity contribution in [2.75, 3.05) is 13.2 Å². The minimum atomic E-state index is -0.812. The van der Waals surface area contributed by atoms with Crippen molar-refractivity contribution in [3.05, 3.63) is 133 Å². The molecule has 8 rings (SSSR count). The minimum absolute atomic E-state index is 0.304. The Bertz CT molecular complexity index is 1720. The van der Waals surface area contributed by atoms with Gasteiger partial charge in [0.25, 0.3) is 0 Å². The second kappa shape index (κ2) is 18.3. The van der Waals surface area contributed by atoms with Crippen LogP contribution in [-0.2, 0) is 4.74 Å². The van der Waals surface area contributed by atoms with Crippen LogP contribution >= 0.6 is 16.1 Å². The zero-order chi connectivity index (χ0) is 39.4. The number of benzene rings is 4. The van der Waals surface area contributed by atoms with Crippen LogP contribution in [0.15, 0.2) is 133 Å². The molecule has 4 aromatic rings. The molecular formula is C53H69NOP2. The van der Waals surface area contributed by atoms with Crippen molar-refractivity contribution in [2.45, 2.75) is 111 Å². The molecule has 302 valence electrons. The van der Waals surface area contributed by atoms with E-state index in [1.165, 1.54) is 85.4 Å². The summed E-state index contributed by atoms with van der Waals surface area (Å²) < 4.78 is 9.94. The van der Waals surface area contributed by atoms with Crippen LogP contribution in [-0.4, -0.2) is 23.7 Å². The topological polar surface area (TPSA) is 12.5 Å². The highest BCUT2D eigenvalue weighted by atomic mass is 31.2. The van der Waals surface area contributed by atoms with Gasteiger partial charge < -0.3 is 4.74 Å². The van der Waals surface area contributed by atoms with E-state index in [1.54, 1.807) is 5.57 Å². The third kappa shape index (κ3) is 8.69. The molecule has 0 amide bonds. The van der Waals surface area contributed by atoms with Crippen LogP contribution in [0.3, 0.4) is 0 Å². The van der Waals surface area contributed by atoms with Crippen molar-refractivity contribution < 1.29 is 4.74 Å². The molecule has 3 saturated carbocycles. The minimum Gasteiger partial charge on any atom is -0.377 e. The molecule has 8 atom stereocenters. The maximum absolute atomic E-state index is 7.10. The Morgan fingerprint density at radius 1 is 0.649 bits per heavy atom. The predicted octanol–water partition coefficient (Wildman–Crippen LogP) is 12.8. The summed E-state index contributed by atoms with van der Waals surface area (Å²) in [6.45, 7) is 14.4. The molecule has 0 aliphatic heterocycles. The van der Waals surface area contributed by atoms with E-state index in [4.69, 9.17) is 4.74 Å². The molecule has 0 spiro atoms. The number of rotatable bonds is 15. The first-order chi connectivity index (χ1) is 27.8. The number of ether oxygens (including phenoxy) is 1. The predicted molar refractivity (Wildman–Crippen MR) is 248 cm³/mol. The summed E-state index contributed by atoms with van der Waals surface area (Å²) in [6.07, 6.45) is 18.0. The highest BCUT2D eigenvalue weighted by molar-refractivity contribution is 7.84. The molecule has 0 heterocycles. The lowest BCUT2D eigenvalue weighted by atomic mass is 9.47. The lowest BCUT2D eigenvalue weighted by Gasteiger charge is -2.58. The van der Waals surface area contributed by atoms with Crippen molar-refractivity contribution in [1.82, 2.24) is 4.44 Å². The lowest BCUT2D eigenvalue weighted by molar-refractivity contribution is -0.0638. The molecule has 5 unspecified atom stereocenters. The number of fused-ring (bicyclic) bond motifs is 5. The molecule has 0 bridgehead atoms. The first-order valence-corrected chi connectivity index (χ1v) is 25.2. The zero-order valence-electron chi connectivity index (χ0n) is 35.6. The molecule has 57 heavy (non-hydrogen) atoms. The van der Waals surface area contributed by atoms with E-state index < -0.39 is 16.1 Å². The third-order valence-corrected chi connectivity index (χ3v) is 20.9. The zero-order valence-corrected chi connectivity index (χ0v) is 37.4. The van der Waals surface area contributed by atoms with E-state index in [-0.39, 0.29) is 0 Å². The second-order valence-electron chi connectivity index (χ2n) is 19.1. The Labute approximate surface area is 348 Å². The fourth-order valence-electron chi connectivity index (χ4n) is 12.5. The van der Waals surface area contributed by atoms with Gasteiger partial charge in [-0.05, 0) is 119 Å². The molecule has 4 aromatic carbocycles. The fourth-order valence-corrected chi connectivity index (χ4v) is 18.5. The van der Waals surface area contributed by atoms with Gasteiger partial charge in [-0.15, -0.1) is 0 Å². The summed E-state index contributed by atoms with van der Waals surface area (Å²) in [5.74, 6) is 5.27.